The summed E-state index contributed by atoms with van der Waals surface area (Å²) in [6.07, 6.45) is 3.57. The number of likely N-dealkylation sites (tertiary alicyclic amines) is 1. The number of Topliss-reactive ketones (excluding diaryl/α,β-unsaturated/α-hetero) is 1. The lowest BCUT2D eigenvalue weighted by Crippen LogP contribution is -2.60. The number of benzene rings is 1. The number of ketones is 1. The molecule has 2 saturated carbocycles. The number of carbonyl (C=O) groups is 4. The van der Waals surface area contributed by atoms with Gasteiger partial charge in [-0.05, 0) is 60.5 Å². The lowest BCUT2D eigenvalue weighted by molar-refractivity contribution is -0.143. The van der Waals surface area contributed by atoms with Crippen LogP contribution in [0.2, 0.25) is 0 Å². The minimum atomic E-state index is -3.73. The molecule has 2 saturated heterocycles. The van der Waals surface area contributed by atoms with Crippen LogP contribution in [0, 0.1) is 28.6 Å². The van der Waals surface area contributed by atoms with Gasteiger partial charge in [0, 0.05) is 18.0 Å². The third-order valence-corrected chi connectivity index (χ3v) is 11.8. The molecular weight excluding hydrogens is 603 g/mol. The van der Waals surface area contributed by atoms with E-state index in [2.05, 4.69) is 34.2 Å². The van der Waals surface area contributed by atoms with Gasteiger partial charge in [0.2, 0.25) is 33.5 Å². The van der Waals surface area contributed by atoms with Crippen molar-refractivity contribution in [2.75, 3.05) is 12.8 Å². The molecule has 44 heavy (non-hydrogen) atoms. The summed E-state index contributed by atoms with van der Waals surface area (Å²) in [5.74, 6) is -1.93. The van der Waals surface area contributed by atoms with E-state index in [-0.39, 0.29) is 45.9 Å². The highest BCUT2D eigenvalue weighted by Gasteiger charge is 2.70. The molecule has 2 aliphatic carbocycles. The molecule has 13 heteroatoms. The van der Waals surface area contributed by atoms with Gasteiger partial charge in [0.15, 0.2) is 5.01 Å². The molecule has 238 valence electrons. The number of aromatic nitrogens is 1. The first-order valence-corrected chi connectivity index (χ1v) is 17.9. The van der Waals surface area contributed by atoms with Crippen LogP contribution in [0.5, 0.6) is 0 Å². The van der Waals surface area contributed by atoms with Crippen LogP contribution in [-0.4, -0.2) is 78.3 Å². The van der Waals surface area contributed by atoms with E-state index in [1.54, 1.807) is 20.8 Å². The number of thiazole rings is 1. The van der Waals surface area contributed by atoms with Gasteiger partial charge >= 0.3 is 0 Å². The number of hydrogen-bond acceptors (Lipinski definition) is 8. The summed E-state index contributed by atoms with van der Waals surface area (Å²) in [6.45, 7) is 9.75. The molecule has 4 aliphatic rings. The minimum absolute atomic E-state index is 0.0646. The van der Waals surface area contributed by atoms with Gasteiger partial charge in [-0.15, -0.1) is 11.3 Å². The highest BCUT2D eigenvalue weighted by Crippen LogP contribution is 2.65. The first kappa shape index (κ1) is 31.1. The van der Waals surface area contributed by atoms with E-state index in [1.165, 1.54) is 16.2 Å². The Balaban J connectivity index is 1.29. The van der Waals surface area contributed by atoms with Crippen molar-refractivity contribution in [3.63, 3.8) is 0 Å². The van der Waals surface area contributed by atoms with E-state index in [4.69, 9.17) is 0 Å². The van der Waals surface area contributed by atoms with Gasteiger partial charge in [-0.3, -0.25) is 19.2 Å². The number of fused-ring (bicyclic) bond motifs is 2. The molecule has 3 heterocycles. The van der Waals surface area contributed by atoms with Gasteiger partial charge in [0.05, 0.1) is 22.5 Å². The number of sulfonamides is 1. The Morgan fingerprint density at radius 2 is 1.86 bits per heavy atom. The Labute approximate surface area is 262 Å². The van der Waals surface area contributed by atoms with Gasteiger partial charge in [-0.25, -0.2) is 18.1 Å². The zero-order valence-electron chi connectivity index (χ0n) is 26.0. The van der Waals surface area contributed by atoms with E-state index in [1.807, 2.05) is 24.3 Å². The standard InChI is InChI=1S/C31H41N5O6S2/c1-29(2,3)24(35-44(6,41)42)28(40)36-15-17-21(30(17,4)5)22(36)26(39)32-19(13-16-14-31(11-12-31)34-25(16)38)23(37)27-33-18-9-7-8-10-20(18)43-27/h7-10,16-17,19,21-22,24,35H,11-15H2,1-6H3,(H,32,39)(H,34,38)/t16?,17-,19-,21-,22-,24+/m0/s1. The van der Waals surface area contributed by atoms with Crippen molar-refractivity contribution < 1.29 is 27.6 Å². The smallest absolute Gasteiger partial charge is 0.243 e. The molecule has 6 rings (SSSR count). The van der Waals surface area contributed by atoms with Crippen molar-refractivity contribution in [2.45, 2.75) is 84.0 Å². The molecule has 1 aromatic heterocycles. The Kier molecular flexibility index (Phi) is 7.29. The number of piperidine rings is 1. The number of nitrogens with zero attached hydrogens (tertiary/aromatic N) is 2. The second kappa shape index (κ2) is 10.3. The quantitative estimate of drug-likeness (QED) is 0.355. The fraction of sp³-hybridized carbons (Fsp3) is 0.645. The van der Waals surface area contributed by atoms with Gasteiger partial charge in [0.25, 0.3) is 0 Å². The topological polar surface area (TPSA) is 155 Å². The molecule has 3 N–H and O–H groups in total. The zero-order valence-corrected chi connectivity index (χ0v) is 27.6. The Bertz CT molecular complexity index is 1620. The summed E-state index contributed by atoms with van der Waals surface area (Å²) >= 11 is 1.25. The second-order valence-electron chi connectivity index (χ2n) is 14.9. The van der Waals surface area contributed by atoms with Crippen LogP contribution in [-0.2, 0) is 24.4 Å². The van der Waals surface area contributed by atoms with Crippen LogP contribution in [0.25, 0.3) is 10.2 Å². The number of carbonyl (C=O) groups excluding carboxylic acids is 4. The first-order chi connectivity index (χ1) is 20.4. The molecule has 2 aromatic rings. The van der Waals surface area contributed by atoms with Crippen molar-refractivity contribution in [1.82, 2.24) is 25.2 Å². The summed E-state index contributed by atoms with van der Waals surface area (Å²) in [5.41, 5.74) is -0.466. The van der Waals surface area contributed by atoms with Crippen LogP contribution in [0.4, 0.5) is 0 Å². The highest BCUT2D eigenvalue weighted by atomic mass is 32.2. The predicted octanol–water partition coefficient (Wildman–Crippen LogP) is 2.47. The molecule has 6 atom stereocenters. The maximum absolute atomic E-state index is 14.2. The number of nitrogens with one attached hydrogen (secondary N) is 3. The summed E-state index contributed by atoms with van der Waals surface area (Å²) in [6, 6.07) is 4.44. The molecule has 1 unspecified atom stereocenters. The maximum atomic E-state index is 14.2. The molecule has 4 fully saturated rings. The molecule has 0 radical (unpaired) electrons. The monoisotopic (exact) mass is 643 g/mol. The number of amides is 3. The van der Waals surface area contributed by atoms with Crippen molar-refractivity contribution in [1.29, 1.82) is 0 Å². The number of para-hydroxylation sites is 1. The van der Waals surface area contributed by atoms with Gasteiger partial charge in [-0.2, -0.15) is 0 Å². The van der Waals surface area contributed by atoms with E-state index in [9.17, 15) is 27.6 Å². The average molecular weight is 644 g/mol. The average Bonchev–Trinajstić information content (AvgIpc) is 3.50. The van der Waals surface area contributed by atoms with E-state index in [0.29, 0.717) is 18.5 Å². The third kappa shape index (κ3) is 5.66. The first-order valence-electron chi connectivity index (χ1n) is 15.2. The van der Waals surface area contributed by atoms with Crippen molar-refractivity contribution in [3.05, 3.63) is 29.3 Å². The number of rotatable bonds is 9. The predicted molar refractivity (Wildman–Crippen MR) is 166 cm³/mol. The molecule has 2 aliphatic heterocycles. The minimum Gasteiger partial charge on any atom is -0.350 e. The van der Waals surface area contributed by atoms with Gasteiger partial charge in [0.1, 0.15) is 12.1 Å². The Morgan fingerprint density at radius 1 is 1.18 bits per heavy atom. The van der Waals surface area contributed by atoms with E-state index in [0.717, 1.165) is 23.8 Å². The third-order valence-electron chi connectivity index (χ3n) is 10.1. The van der Waals surface area contributed by atoms with Crippen LogP contribution in [0.15, 0.2) is 24.3 Å². The van der Waals surface area contributed by atoms with Gasteiger partial charge < -0.3 is 15.5 Å². The van der Waals surface area contributed by atoms with Crippen LogP contribution in [0.1, 0.15) is 70.1 Å². The van der Waals surface area contributed by atoms with Crippen molar-refractivity contribution >= 4 is 55.1 Å². The maximum Gasteiger partial charge on any atom is 0.243 e. The molecule has 0 bridgehead atoms. The highest BCUT2D eigenvalue weighted by molar-refractivity contribution is 7.88. The lowest BCUT2D eigenvalue weighted by atomic mass is 9.86. The molecular formula is C31H41N5O6S2. The summed E-state index contributed by atoms with van der Waals surface area (Å²) in [4.78, 5) is 61.2. The summed E-state index contributed by atoms with van der Waals surface area (Å²) in [5, 5.41) is 6.30. The normalized spacial score (nSPS) is 28.0. The SMILES string of the molecule is CC(C)(C)[C@H](NS(C)(=O)=O)C(=O)N1C[C@H]2[C@@H]([C@H]1C(=O)N[C@@H](CC1CC3(CC3)NC1=O)C(=O)c1nc3ccccc3s1)C2(C)C. The van der Waals surface area contributed by atoms with Crippen LogP contribution >= 0.6 is 11.3 Å². The van der Waals surface area contributed by atoms with E-state index >= 15 is 0 Å². The van der Waals surface area contributed by atoms with Crippen molar-refractivity contribution in [3.8, 4) is 0 Å². The lowest BCUT2D eigenvalue weighted by Gasteiger charge is -2.37. The summed E-state index contributed by atoms with van der Waals surface area (Å²) in [7, 11) is -3.73. The largest absolute Gasteiger partial charge is 0.350 e. The van der Waals surface area contributed by atoms with Crippen LogP contribution < -0.4 is 15.4 Å². The molecule has 1 spiro atoms. The fourth-order valence-electron chi connectivity index (χ4n) is 7.34. The molecule has 11 nitrogen and oxygen atoms in total. The Hall–Kier alpha value is -2.90. The molecule has 1 aromatic carbocycles. The fourth-order valence-corrected chi connectivity index (χ4v) is 9.18. The van der Waals surface area contributed by atoms with Crippen molar-refractivity contribution in [2.24, 2.45) is 28.6 Å². The number of hydrogen-bond donors (Lipinski definition) is 3. The van der Waals surface area contributed by atoms with Crippen LogP contribution in [0.3, 0.4) is 0 Å². The van der Waals surface area contributed by atoms with Gasteiger partial charge in [-0.1, -0.05) is 46.8 Å². The van der Waals surface area contributed by atoms with E-state index < -0.39 is 51.3 Å². The Morgan fingerprint density at radius 3 is 2.45 bits per heavy atom. The summed E-state index contributed by atoms with van der Waals surface area (Å²) < 4.78 is 27.8. The zero-order chi connectivity index (χ0) is 32.0. The second-order valence-corrected chi connectivity index (χ2v) is 17.7. The molecule has 3 amide bonds.